The van der Waals surface area contributed by atoms with Crippen LogP contribution in [0.5, 0.6) is 0 Å². The van der Waals surface area contributed by atoms with Crippen molar-refractivity contribution < 1.29 is 35.1 Å². The Labute approximate surface area is 98.7 Å². The van der Waals surface area contributed by atoms with Crippen molar-refractivity contribution in [3.63, 3.8) is 0 Å². The van der Waals surface area contributed by atoms with E-state index in [2.05, 4.69) is 4.74 Å². The van der Waals surface area contributed by atoms with Crippen molar-refractivity contribution in [2.75, 3.05) is 20.7 Å². The Bertz CT molecular complexity index is 221. The number of nitrogens with zero attached hydrogens (tertiary/aromatic N) is 1. The Morgan fingerprint density at radius 2 is 1.59 bits per heavy atom. The van der Waals surface area contributed by atoms with Gasteiger partial charge in [0.2, 0.25) is 6.41 Å². The van der Waals surface area contributed by atoms with E-state index in [1.165, 1.54) is 4.90 Å². The molecular weight excluding hydrogens is 234 g/mol. The minimum Gasteiger partial charge on any atom is -0.394 e. The average Bonchev–Trinajstić information content (AvgIpc) is 2.31. The van der Waals surface area contributed by atoms with Crippen molar-refractivity contribution in [1.82, 2.24) is 4.90 Å². The highest BCUT2D eigenvalue weighted by atomic mass is 16.6. The lowest BCUT2D eigenvalue weighted by Gasteiger charge is -2.37. The second kappa shape index (κ2) is 7.54. The lowest BCUT2D eigenvalue weighted by Crippen LogP contribution is -2.58. The maximum atomic E-state index is 9.43. The Morgan fingerprint density at radius 1 is 1.12 bits per heavy atom. The van der Waals surface area contributed by atoms with Crippen LogP contribution in [-0.4, -0.2) is 88.3 Å². The van der Waals surface area contributed by atoms with E-state index < -0.39 is 37.3 Å². The normalized spacial score (nSPS) is 36.8. The van der Waals surface area contributed by atoms with Gasteiger partial charge in [-0.1, -0.05) is 0 Å². The fraction of sp³-hybridized carbons (Fsp3) is 0.889. The molecule has 1 aliphatic rings. The average molecular weight is 253 g/mol. The quantitative estimate of drug-likeness (QED) is 0.322. The van der Waals surface area contributed by atoms with Crippen molar-refractivity contribution >= 4 is 6.41 Å². The topological polar surface area (TPSA) is 131 Å². The van der Waals surface area contributed by atoms with E-state index in [1.54, 1.807) is 14.1 Å². The monoisotopic (exact) mass is 253 g/mol. The van der Waals surface area contributed by atoms with Gasteiger partial charge < -0.3 is 35.2 Å². The van der Waals surface area contributed by atoms with Gasteiger partial charge in [0.25, 0.3) is 0 Å². The number of carbonyl (C=O) groups is 1. The number of aliphatic hydroxyl groups excluding tert-OH is 5. The molecular formula is C9H19NO7. The van der Waals surface area contributed by atoms with Crippen LogP contribution in [0.15, 0.2) is 0 Å². The molecule has 1 unspecified atom stereocenters. The van der Waals surface area contributed by atoms with E-state index in [0.717, 1.165) is 6.41 Å². The van der Waals surface area contributed by atoms with Gasteiger partial charge in [0.05, 0.1) is 6.61 Å². The molecule has 1 aliphatic heterocycles. The number of ether oxygens (including phenoxy) is 1. The van der Waals surface area contributed by atoms with Gasteiger partial charge in [0.15, 0.2) is 6.29 Å². The molecule has 1 saturated heterocycles. The predicted molar refractivity (Wildman–Crippen MR) is 55.7 cm³/mol. The number of amides is 1. The van der Waals surface area contributed by atoms with Crippen LogP contribution in [0.4, 0.5) is 0 Å². The number of rotatable bonds is 2. The summed E-state index contributed by atoms with van der Waals surface area (Å²) in [4.78, 5) is 10.9. The summed E-state index contributed by atoms with van der Waals surface area (Å²) >= 11 is 0. The van der Waals surface area contributed by atoms with Crippen LogP contribution in [0.1, 0.15) is 0 Å². The molecule has 5 atom stereocenters. The summed E-state index contributed by atoms with van der Waals surface area (Å²) in [6.45, 7) is -0.526. The van der Waals surface area contributed by atoms with Gasteiger partial charge in [-0.15, -0.1) is 0 Å². The molecule has 8 nitrogen and oxygen atoms in total. The van der Waals surface area contributed by atoms with Crippen molar-refractivity contribution in [3.05, 3.63) is 0 Å². The lowest BCUT2D eigenvalue weighted by atomic mass is 10.00. The van der Waals surface area contributed by atoms with Gasteiger partial charge in [-0.3, -0.25) is 4.79 Å². The van der Waals surface area contributed by atoms with E-state index in [1.807, 2.05) is 0 Å². The summed E-state index contributed by atoms with van der Waals surface area (Å²) in [5.41, 5.74) is 0. The smallest absolute Gasteiger partial charge is 0.209 e. The Morgan fingerprint density at radius 3 is 1.94 bits per heavy atom. The molecule has 1 rings (SSSR count). The number of hydrogen-bond donors (Lipinski definition) is 5. The molecule has 1 fully saturated rings. The molecule has 0 aliphatic carbocycles. The molecule has 0 aromatic carbocycles. The third-order valence-electron chi connectivity index (χ3n) is 2.08. The lowest BCUT2D eigenvalue weighted by molar-refractivity contribution is -0.286. The number of hydrogen-bond acceptors (Lipinski definition) is 7. The Balaban J connectivity index is 0.000000437. The fourth-order valence-corrected chi connectivity index (χ4v) is 1.08. The first-order valence-corrected chi connectivity index (χ1v) is 4.95. The maximum absolute atomic E-state index is 9.43. The zero-order chi connectivity index (χ0) is 13.6. The van der Waals surface area contributed by atoms with E-state index in [0.29, 0.717) is 0 Å². The molecule has 0 spiro atoms. The third kappa shape index (κ3) is 4.94. The van der Waals surface area contributed by atoms with Crippen LogP contribution < -0.4 is 0 Å². The summed E-state index contributed by atoms with van der Waals surface area (Å²) in [6, 6.07) is 0. The van der Waals surface area contributed by atoms with Gasteiger partial charge >= 0.3 is 0 Å². The summed E-state index contributed by atoms with van der Waals surface area (Å²) in [5.74, 6) is 0. The number of carbonyl (C=O) groups excluding carboxylic acids is 1. The Kier molecular flexibility index (Phi) is 7.19. The first kappa shape index (κ1) is 16.2. The summed E-state index contributed by atoms with van der Waals surface area (Å²) in [6.07, 6.45) is -6.29. The van der Waals surface area contributed by atoms with Crippen LogP contribution in [0.2, 0.25) is 0 Å². The molecule has 1 heterocycles. The molecule has 0 aromatic rings. The van der Waals surface area contributed by atoms with E-state index in [4.69, 9.17) is 25.5 Å². The minimum absolute atomic E-state index is 0.526. The SMILES string of the molecule is CN(C)C=O.OC[C@H]1OC(O)[C@H](O)[C@@H](O)[C@@H]1O. The Hall–Kier alpha value is -0.770. The van der Waals surface area contributed by atoms with Gasteiger partial charge in [-0.05, 0) is 0 Å². The first-order chi connectivity index (χ1) is 7.84. The molecule has 0 radical (unpaired) electrons. The van der Waals surface area contributed by atoms with Crippen molar-refractivity contribution in [2.24, 2.45) is 0 Å². The molecule has 0 bridgehead atoms. The maximum Gasteiger partial charge on any atom is 0.209 e. The van der Waals surface area contributed by atoms with Crippen molar-refractivity contribution in [2.45, 2.75) is 30.7 Å². The minimum atomic E-state index is -1.57. The van der Waals surface area contributed by atoms with Gasteiger partial charge in [0, 0.05) is 14.1 Å². The highest BCUT2D eigenvalue weighted by Gasteiger charge is 2.42. The van der Waals surface area contributed by atoms with Crippen LogP contribution in [0.25, 0.3) is 0 Å². The second-order valence-corrected chi connectivity index (χ2v) is 3.79. The molecule has 17 heavy (non-hydrogen) atoms. The van der Waals surface area contributed by atoms with Crippen LogP contribution in [0.3, 0.4) is 0 Å². The molecule has 0 saturated carbocycles. The summed E-state index contributed by atoms with van der Waals surface area (Å²) in [5, 5.41) is 44.7. The molecule has 5 N–H and O–H groups in total. The molecule has 1 amide bonds. The first-order valence-electron chi connectivity index (χ1n) is 4.95. The fourth-order valence-electron chi connectivity index (χ4n) is 1.08. The van der Waals surface area contributed by atoms with Crippen LogP contribution in [0, 0.1) is 0 Å². The van der Waals surface area contributed by atoms with Crippen molar-refractivity contribution in [1.29, 1.82) is 0 Å². The second-order valence-electron chi connectivity index (χ2n) is 3.79. The van der Waals surface area contributed by atoms with Gasteiger partial charge in [0.1, 0.15) is 24.4 Å². The van der Waals surface area contributed by atoms with Gasteiger partial charge in [-0.2, -0.15) is 0 Å². The largest absolute Gasteiger partial charge is 0.394 e. The highest BCUT2D eigenvalue weighted by molar-refractivity contribution is 5.45. The van der Waals surface area contributed by atoms with Crippen LogP contribution in [-0.2, 0) is 9.53 Å². The summed E-state index contributed by atoms with van der Waals surface area (Å²) in [7, 11) is 3.38. The molecule has 8 heteroatoms. The summed E-state index contributed by atoms with van der Waals surface area (Å²) < 4.78 is 4.58. The zero-order valence-corrected chi connectivity index (χ0v) is 9.67. The standard InChI is InChI=1S/C6H12O6.C3H7NO/c7-1-2-3(8)4(9)5(10)6(11)12-2;1-4(2)3-5/h2-11H,1H2;3H,1-2H3/t2-,3-,4+,5-,6?;/m1./s1. The highest BCUT2D eigenvalue weighted by Crippen LogP contribution is 2.18. The predicted octanol–water partition coefficient (Wildman–Crippen LogP) is -3.52. The van der Waals surface area contributed by atoms with E-state index in [-0.39, 0.29) is 0 Å². The van der Waals surface area contributed by atoms with Crippen molar-refractivity contribution in [3.8, 4) is 0 Å². The zero-order valence-electron chi connectivity index (χ0n) is 9.67. The number of aliphatic hydroxyl groups is 5. The van der Waals surface area contributed by atoms with E-state index >= 15 is 0 Å². The third-order valence-corrected chi connectivity index (χ3v) is 2.08. The van der Waals surface area contributed by atoms with Crippen LogP contribution >= 0.6 is 0 Å². The van der Waals surface area contributed by atoms with Gasteiger partial charge in [-0.25, -0.2) is 0 Å². The molecule has 102 valence electrons. The van der Waals surface area contributed by atoms with E-state index in [9.17, 15) is 4.79 Å². The molecule has 0 aromatic heterocycles.